The Hall–Kier alpha value is -8.46. The molecule has 0 radical (unpaired) electrons. The summed E-state index contributed by atoms with van der Waals surface area (Å²) >= 11 is 0. The van der Waals surface area contributed by atoms with Crippen molar-refractivity contribution in [3.05, 3.63) is 255 Å². The highest BCUT2D eigenvalue weighted by molar-refractivity contribution is 6.16. The maximum atomic E-state index is 2.50. The summed E-state index contributed by atoms with van der Waals surface area (Å²) in [6.07, 6.45) is 0. The molecule has 0 fully saturated rings. The topological polar surface area (TPSA) is 8.17 Å². The number of rotatable bonds is 8. The lowest BCUT2D eigenvalue weighted by Gasteiger charge is -2.31. The first-order chi connectivity index (χ1) is 31.8. The molecule has 0 saturated heterocycles. The quantitative estimate of drug-likeness (QED) is 0.139. The number of hydrogen-bond acceptors (Lipinski definition) is 1. The lowest BCUT2D eigenvalue weighted by atomic mass is 9.87. The molecule has 64 heavy (non-hydrogen) atoms. The molecule has 0 spiro atoms. The second-order valence-electron chi connectivity index (χ2n) is 16.4. The van der Waals surface area contributed by atoms with Crippen molar-refractivity contribution in [2.75, 3.05) is 4.90 Å². The van der Waals surface area contributed by atoms with Gasteiger partial charge < -0.3 is 9.47 Å². The van der Waals surface area contributed by atoms with Crippen LogP contribution in [0.2, 0.25) is 0 Å². The number of benzene rings is 11. The number of hydrogen-bond donors (Lipinski definition) is 0. The van der Waals surface area contributed by atoms with Crippen LogP contribution in [0.5, 0.6) is 0 Å². The molecule has 0 N–H and O–H groups in total. The average molecular weight is 815 g/mol. The molecule has 12 rings (SSSR count). The van der Waals surface area contributed by atoms with E-state index in [0.717, 1.165) is 33.9 Å². The van der Waals surface area contributed by atoms with Crippen molar-refractivity contribution in [3.63, 3.8) is 0 Å². The molecular weight excluding hydrogens is 773 g/mol. The summed E-state index contributed by atoms with van der Waals surface area (Å²) < 4.78 is 2.39. The Balaban J connectivity index is 1.09. The molecule has 2 nitrogen and oxygen atoms in total. The highest BCUT2D eigenvalue weighted by atomic mass is 15.1. The SMILES string of the molecule is c1ccc(-c2ccccc2-c2c(-c3ccccc3)cccc2N(c2ccc(-c3cccc(-n4c5ccccc5c5ccccc54)c3)cc2)c2cc3ccccc3c3ccccc23)cc1. The normalized spacial score (nSPS) is 11.4. The van der Waals surface area contributed by atoms with Crippen LogP contribution in [0.4, 0.5) is 17.1 Å². The van der Waals surface area contributed by atoms with Gasteiger partial charge in [0.2, 0.25) is 0 Å². The van der Waals surface area contributed by atoms with Gasteiger partial charge >= 0.3 is 0 Å². The van der Waals surface area contributed by atoms with Crippen LogP contribution >= 0.6 is 0 Å². The molecule has 2 heteroatoms. The molecule has 0 amide bonds. The summed E-state index contributed by atoms with van der Waals surface area (Å²) in [6.45, 7) is 0. The fraction of sp³-hybridized carbons (Fsp3) is 0. The Kier molecular flexibility index (Phi) is 9.20. The zero-order valence-electron chi connectivity index (χ0n) is 35.1. The maximum absolute atomic E-state index is 2.50. The van der Waals surface area contributed by atoms with E-state index in [2.05, 4.69) is 264 Å². The van der Waals surface area contributed by atoms with Gasteiger partial charge in [-0.05, 0) is 104 Å². The van der Waals surface area contributed by atoms with Gasteiger partial charge in [-0.1, -0.05) is 206 Å². The molecule has 0 aliphatic rings. The number of para-hydroxylation sites is 2. The maximum Gasteiger partial charge on any atom is 0.0546 e. The molecule has 0 unspecified atom stereocenters. The molecule has 0 aliphatic heterocycles. The standard InChI is InChI=1S/C62H42N2/c1-3-19-44(20-4-1)50-26-9-12-32-57(50)62-52(45-21-5-2-6-22-45)33-18-36-60(62)63(61-42-47-23-7-8-27-51(47)53-28-10-11-29-54(53)61)48-39-37-43(38-40-48)46-24-17-25-49(41-46)64-58-34-15-13-30-55(58)56-31-14-16-35-59(56)64/h1-42H. The van der Waals surface area contributed by atoms with Gasteiger partial charge in [0.05, 0.1) is 22.4 Å². The van der Waals surface area contributed by atoms with Crippen molar-refractivity contribution in [2.45, 2.75) is 0 Å². The van der Waals surface area contributed by atoms with Crippen molar-refractivity contribution in [1.29, 1.82) is 0 Å². The van der Waals surface area contributed by atoms with Crippen LogP contribution in [-0.2, 0) is 0 Å². The van der Waals surface area contributed by atoms with Crippen LogP contribution in [0, 0.1) is 0 Å². The van der Waals surface area contributed by atoms with Crippen molar-refractivity contribution < 1.29 is 0 Å². The van der Waals surface area contributed by atoms with E-state index < -0.39 is 0 Å². The highest BCUT2D eigenvalue weighted by Crippen LogP contribution is 2.50. The van der Waals surface area contributed by atoms with Crippen molar-refractivity contribution in [1.82, 2.24) is 4.57 Å². The average Bonchev–Trinajstić information content (AvgIpc) is 3.72. The fourth-order valence-electron chi connectivity index (χ4n) is 9.89. The van der Waals surface area contributed by atoms with Gasteiger partial charge in [0.1, 0.15) is 0 Å². The van der Waals surface area contributed by atoms with E-state index in [1.807, 2.05) is 0 Å². The van der Waals surface area contributed by atoms with Gasteiger partial charge in [-0.3, -0.25) is 0 Å². The second-order valence-corrected chi connectivity index (χ2v) is 16.4. The van der Waals surface area contributed by atoms with E-state index in [1.165, 1.54) is 76.7 Å². The predicted octanol–water partition coefficient (Wildman–Crippen LogP) is 17.2. The Labute approximate surface area is 373 Å². The number of fused-ring (bicyclic) bond motifs is 6. The number of anilines is 3. The fourth-order valence-corrected chi connectivity index (χ4v) is 9.89. The van der Waals surface area contributed by atoms with Crippen LogP contribution in [0.1, 0.15) is 0 Å². The van der Waals surface area contributed by atoms with Crippen LogP contribution in [0.3, 0.4) is 0 Å². The summed E-state index contributed by atoms with van der Waals surface area (Å²) in [5.41, 5.74) is 16.2. The van der Waals surface area contributed by atoms with Gasteiger partial charge in [0.15, 0.2) is 0 Å². The largest absolute Gasteiger partial charge is 0.309 e. The summed E-state index contributed by atoms with van der Waals surface area (Å²) in [7, 11) is 0. The van der Waals surface area contributed by atoms with E-state index in [4.69, 9.17) is 0 Å². The molecule has 1 heterocycles. The van der Waals surface area contributed by atoms with E-state index in [1.54, 1.807) is 0 Å². The summed E-state index contributed by atoms with van der Waals surface area (Å²) in [5, 5.41) is 7.38. The molecule has 11 aromatic carbocycles. The minimum Gasteiger partial charge on any atom is -0.309 e. The summed E-state index contributed by atoms with van der Waals surface area (Å²) in [4.78, 5) is 2.50. The minimum absolute atomic E-state index is 1.08. The van der Waals surface area contributed by atoms with E-state index in [9.17, 15) is 0 Å². The first-order valence-electron chi connectivity index (χ1n) is 22.0. The Bertz CT molecular complexity index is 3610. The zero-order valence-corrected chi connectivity index (χ0v) is 35.1. The van der Waals surface area contributed by atoms with Crippen LogP contribution < -0.4 is 4.90 Å². The van der Waals surface area contributed by atoms with Gasteiger partial charge in [-0.25, -0.2) is 0 Å². The van der Waals surface area contributed by atoms with Crippen molar-refractivity contribution in [3.8, 4) is 50.2 Å². The molecule has 300 valence electrons. The van der Waals surface area contributed by atoms with Gasteiger partial charge in [0.25, 0.3) is 0 Å². The van der Waals surface area contributed by atoms with Crippen LogP contribution in [0.15, 0.2) is 255 Å². The molecule has 0 aliphatic carbocycles. The monoisotopic (exact) mass is 814 g/mol. The molecule has 1 aromatic heterocycles. The summed E-state index contributed by atoms with van der Waals surface area (Å²) in [5.74, 6) is 0. The highest BCUT2D eigenvalue weighted by Gasteiger charge is 2.25. The predicted molar refractivity (Wildman–Crippen MR) is 272 cm³/mol. The van der Waals surface area contributed by atoms with Gasteiger partial charge in [-0.15, -0.1) is 0 Å². The van der Waals surface area contributed by atoms with Crippen molar-refractivity contribution >= 4 is 60.4 Å². The lowest BCUT2D eigenvalue weighted by Crippen LogP contribution is -2.12. The molecule has 0 saturated carbocycles. The molecule has 0 bridgehead atoms. The van der Waals surface area contributed by atoms with Crippen molar-refractivity contribution in [2.24, 2.45) is 0 Å². The Morgan fingerprint density at radius 2 is 0.797 bits per heavy atom. The molecular formula is C62H42N2. The van der Waals surface area contributed by atoms with Gasteiger partial charge in [-0.2, -0.15) is 0 Å². The van der Waals surface area contributed by atoms with E-state index in [0.29, 0.717) is 0 Å². The summed E-state index contributed by atoms with van der Waals surface area (Å²) in [6, 6.07) is 92.8. The van der Waals surface area contributed by atoms with Crippen LogP contribution in [0.25, 0.3) is 93.5 Å². The third-order valence-corrected chi connectivity index (χ3v) is 12.8. The Morgan fingerprint density at radius 1 is 0.281 bits per heavy atom. The third kappa shape index (κ3) is 6.35. The smallest absolute Gasteiger partial charge is 0.0546 e. The lowest BCUT2D eigenvalue weighted by molar-refractivity contribution is 1.18. The third-order valence-electron chi connectivity index (χ3n) is 12.8. The second kappa shape index (κ2) is 15.8. The number of aromatic nitrogens is 1. The molecule has 12 aromatic rings. The first kappa shape index (κ1) is 37.3. The van der Waals surface area contributed by atoms with E-state index in [-0.39, 0.29) is 0 Å². The first-order valence-corrected chi connectivity index (χ1v) is 22.0. The van der Waals surface area contributed by atoms with E-state index >= 15 is 0 Å². The zero-order chi connectivity index (χ0) is 42.4. The minimum atomic E-state index is 1.08. The molecule has 0 atom stereocenters. The Morgan fingerprint density at radius 3 is 1.50 bits per heavy atom. The number of nitrogens with zero attached hydrogens (tertiary/aromatic N) is 2. The van der Waals surface area contributed by atoms with Gasteiger partial charge in [0, 0.05) is 33.1 Å². The van der Waals surface area contributed by atoms with Crippen LogP contribution in [-0.4, -0.2) is 4.57 Å².